The van der Waals surface area contributed by atoms with Crippen LogP contribution >= 0.6 is 0 Å². The van der Waals surface area contributed by atoms with Crippen molar-refractivity contribution in [3.63, 3.8) is 0 Å². The molecule has 5 nitrogen and oxygen atoms in total. The average molecular weight is 237 g/mol. The third-order valence-corrected chi connectivity index (χ3v) is 2.06. The number of pyridine rings is 1. The molecule has 0 fully saturated rings. The number of nitrogens with zero attached hydrogens (tertiary/aromatic N) is 3. The Balaban J connectivity index is 2.00. The van der Waals surface area contributed by atoms with Crippen LogP contribution in [0, 0.1) is 5.95 Å². The van der Waals surface area contributed by atoms with E-state index in [0.717, 1.165) is 0 Å². The summed E-state index contributed by atoms with van der Waals surface area (Å²) >= 11 is 0. The van der Waals surface area contributed by atoms with Crippen molar-refractivity contribution in [2.24, 2.45) is 0 Å². The molecule has 2 heterocycles. The maximum atomic E-state index is 13.1. The summed E-state index contributed by atoms with van der Waals surface area (Å²) in [5.74, 6) is 0.502. The van der Waals surface area contributed by atoms with Crippen molar-refractivity contribution >= 4 is 0 Å². The molecule has 0 atom stereocenters. The predicted molar refractivity (Wildman–Crippen MR) is 56.9 cm³/mol. The molecule has 0 amide bonds. The van der Waals surface area contributed by atoms with Crippen LogP contribution in [0.5, 0.6) is 5.75 Å². The summed E-state index contributed by atoms with van der Waals surface area (Å²) in [4.78, 5) is 7.58. The summed E-state index contributed by atoms with van der Waals surface area (Å²) in [6.45, 7) is 3.94. The monoisotopic (exact) mass is 237 g/mol. The summed E-state index contributed by atoms with van der Waals surface area (Å²) in [5, 5.41) is 3.73. The zero-order valence-electron chi connectivity index (χ0n) is 9.55. The first kappa shape index (κ1) is 11.5. The Bertz CT molecular complexity index is 499. The van der Waals surface area contributed by atoms with Gasteiger partial charge in [-0.3, -0.25) is 0 Å². The molecule has 17 heavy (non-hydrogen) atoms. The Labute approximate surface area is 97.6 Å². The van der Waals surface area contributed by atoms with Gasteiger partial charge in [0, 0.05) is 12.1 Å². The van der Waals surface area contributed by atoms with Gasteiger partial charge in [-0.25, -0.2) is 4.98 Å². The maximum Gasteiger partial charge on any atom is 0.255 e. The van der Waals surface area contributed by atoms with Gasteiger partial charge in [-0.15, -0.1) is 0 Å². The fourth-order valence-electron chi connectivity index (χ4n) is 1.18. The van der Waals surface area contributed by atoms with Crippen molar-refractivity contribution in [2.75, 3.05) is 0 Å². The van der Waals surface area contributed by atoms with Crippen molar-refractivity contribution in [3.8, 4) is 5.75 Å². The van der Waals surface area contributed by atoms with Crippen LogP contribution in [0.3, 0.4) is 0 Å². The molecule has 2 aromatic rings. The number of rotatable bonds is 4. The van der Waals surface area contributed by atoms with E-state index in [0.29, 0.717) is 11.7 Å². The number of hydrogen-bond acceptors (Lipinski definition) is 5. The molecule has 2 aromatic heterocycles. The Morgan fingerprint density at radius 2 is 2.29 bits per heavy atom. The first-order valence-corrected chi connectivity index (χ1v) is 5.22. The summed E-state index contributed by atoms with van der Waals surface area (Å²) < 4.78 is 23.3. The van der Waals surface area contributed by atoms with E-state index in [-0.39, 0.29) is 18.3 Å². The third kappa shape index (κ3) is 2.77. The lowest BCUT2D eigenvalue weighted by atomic mass is 10.2. The van der Waals surface area contributed by atoms with Crippen LogP contribution in [-0.4, -0.2) is 15.1 Å². The van der Waals surface area contributed by atoms with Gasteiger partial charge in [0.15, 0.2) is 12.4 Å². The molecule has 0 saturated heterocycles. The quantitative estimate of drug-likeness (QED) is 0.763. The molecule has 0 spiro atoms. The van der Waals surface area contributed by atoms with Crippen molar-refractivity contribution in [3.05, 3.63) is 36.0 Å². The Morgan fingerprint density at radius 1 is 1.47 bits per heavy atom. The molecular weight excluding hydrogens is 225 g/mol. The Hall–Kier alpha value is -1.98. The third-order valence-electron chi connectivity index (χ3n) is 2.06. The summed E-state index contributed by atoms with van der Waals surface area (Å²) in [6.07, 6.45) is 1.35. The van der Waals surface area contributed by atoms with E-state index in [4.69, 9.17) is 9.26 Å². The topological polar surface area (TPSA) is 61.0 Å². The van der Waals surface area contributed by atoms with E-state index in [1.807, 2.05) is 13.8 Å². The molecule has 0 N–H and O–H groups in total. The van der Waals surface area contributed by atoms with Gasteiger partial charge in [0.1, 0.15) is 0 Å². The summed E-state index contributed by atoms with van der Waals surface area (Å²) in [6, 6.07) is 3.08. The molecule has 6 heteroatoms. The highest BCUT2D eigenvalue weighted by molar-refractivity contribution is 5.17. The van der Waals surface area contributed by atoms with Crippen molar-refractivity contribution < 1.29 is 13.7 Å². The minimum Gasteiger partial charge on any atom is -0.481 e. The van der Waals surface area contributed by atoms with E-state index in [9.17, 15) is 4.39 Å². The highest BCUT2D eigenvalue weighted by Gasteiger charge is 2.11. The fourth-order valence-corrected chi connectivity index (χ4v) is 1.18. The van der Waals surface area contributed by atoms with Crippen LogP contribution in [0.4, 0.5) is 4.39 Å². The number of halogens is 1. The summed E-state index contributed by atoms with van der Waals surface area (Å²) in [5.41, 5.74) is 0. The van der Waals surface area contributed by atoms with Crippen LogP contribution in [0.1, 0.15) is 31.5 Å². The second-order valence-electron chi connectivity index (χ2n) is 3.78. The van der Waals surface area contributed by atoms with Gasteiger partial charge < -0.3 is 9.26 Å². The summed E-state index contributed by atoms with van der Waals surface area (Å²) in [7, 11) is 0. The molecule has 0 bridgehead atoms. The molecule has 90 valence electrons. The lowest BCUT2D eigenvalue weighted by Gasteiger charge is -2.02. The molecule has 0 saturated carbocycles. The van der Waals surface area contributed by atoms with Gasteiger partial charge in [-0.1, -0.05) is 19.0 Å². The van der Waals surface area contributed by atoms with E-state index in [1.54, 1.807) is 6.07 Å². The van der Waals surface area contributed by atoms with E-state index < -0.39 is 5.95 Å². The minimum atomic E-state index is -0.653. The van der Waals surface area contributed by atoms with Crippen LogP contribution in [-0.2, 0) is 6.61 Å². The van der Waals surface area contributed by atoms with Crippen molar-refractivity contribution in [1.29, 1.82) is 0 Å². The highest BCUT2D eigenvalue weighted by Crippen LogP contribution is 2.15. The lowest BCUT2D eigenvalue weighted by molar-refractivity contribution is 0.268. The second kappa shape index (κ2) is 4.90. The van der Waals surface area contributed by atoms with Crippen LogP contribution in [0.15, 0.2) is 22.9 Å². The number of aromatic nitrogens is 3. The largest absolute Gasteiger partial charge is 0.481 e. The average Bonchev–Trinajstić information content (AvgIpc) is 2.77. The smallest absolute Gasteiger partial charge is 0.255 e. The minimum absolute atomic E-state index is 0.0544. The molecule has 0 aliphatic rings. The Morgan fingerprint density at radius 3 is 2.94 bits per heavy atom. The van der Waals surface area contributed by atoms with E-state index >= 15 is 0 Å². The first-order chi connectivity index (χ1) is 8.16. The van der Waals surface area contributed by atoms with Crippen LogP contribution in [0.2, 0.25) is 0 Å². The van der Waals surface area contributed by atoms with Crippen molar-refractivity contribution in [2.45, 2.75) is 26.4 Å². The van der Waals surface area contributed by atoms with Gasteiger partial charge in [0.05, 0.1) is 0 Å². The zero-order chi connectivity index (χ0) is 12.3. The van der Waals surface area contributed by atoms with Crippen LogP contribution in [0.25, 0.3) is 0 Å². The van der Waals surface area contributed by atoms with Crippen molar-refractivity contribution in [1.82, 2.24) is 15.1 Å². The fraction of sp³-hybridized carbons (Fsp3) is 0.364. The maximum absolute atomic E-state index is 13.1. The molecule has 2 rings (SSSR count). The molecule has 0 aliphatic carbocycles. The molecule has 0 aliphatic heterocycles. The van der Waals surface area contributed by atoms with Gasteiger partial charge in [-0.2, -0.15) is 9.37 Å². The first-order valence-electron chi connectivity index (χ1n) is 5.22. The molecule has 0 aromatic carbocycles. The molecular formula is C11H12FN3O2. The van der Waals surface area contributed by atoms with E-state index in [1.165, 1.54) is 12.3 Å². The van der Waals surface area contributed by atoms with Gasteiger partial charge >= 0.3 is 0 Å². The normalized spacial score (nSPS) is 10.8. The van der Waals surface area contributed by atoms with E-state index in [2.05, 4.69) is 15.1 Å². The number of hydrogen-bond donors (Lipinski definition) is 0. The standard InChI is InChI=1S/C11H12FN3O2/c1-7(2)11-14-9(15-17-11)6-16-8-4-3-5-13-10(8)12/h3-5,7H,6H2,1-2H3. The van der Waals surface area contributed by atoms with Gasteiger partial charge in [0.2, 0.25) is 11.7 Å². The Kier molecular flexibility index (Phi) is 3.32. The SMILES string of the molecule is CC(C)c1nc(COc2cccnc2F)no1. The van der Waals surface area contributed by atoms with Crippen LogP contribution < -0.4 is 4.74 Å². The highest BCUT2D eigenvalue weighted by atomic mass is 19.1. The van der Waals surface area contributed by atoms with Gasteiger partial charge in [-0.05, 0) is 12.1 Å². The van der Waals surface area contributed by atoms with Gasteiger partial charge in [0.25, 0.3) is 5.95 Å². The number of ether oxygens (including phenoxy) is 1. The molecule has 0 radical (unpaired) electrons. The second-order valence-corrected chi connectivity index (χ2v) is 3.78. The molecule has 0 unspecified atom stereocenters. The predicted octanol–water partition coefficient (Wildman–Crippen LogP) is 2.31. The zero-order valence-corrected chi connectivity index (χ0v) is 9.55. The lowest BCUT2D eigenvalue weighted by Crippen LogP contribution is -2.00.